The lowest BCUT2D eigenvalue weighted by Crippen LogP contribution is -2.71. The van der Waals surface area contributed by atoms with Crippen LogP contribution < -0.4 is 0 Å². The molecule has 0 bridgehead atoms. The summed E-state index contributed by atoms with van der Waals surface area (Å²) in [6, 6.07) is 0. The highest BCUT2D eigenvalue weighted by atomic mass is 16.7. The maximum atomic E-state index is 12.6. The van der Waals surface area contributed by atoms with Gasteiger partial charge in [-0.1, -0.05) is 46.3 Å². The summed E-state index contributed by atoms with van der Waals surface area (Å²) < 4.78 is 25.4. The monoisotopic (exact) mass is 800 g/mol. The standard InChI is InChI=1S/C42H72O14/c1-20(2)10-9-13-42(8,56-37-34(52)32(50)30(48)25(19-44)55-37)21-11-15-40(6)28(21)22(45)16-26-39(5)14-12-27(46)38(3,4)35(39)23(17-41(26,40)7)53-36-33(51)31(49)29(47)24(18-43)54-36/h10,21-37,43-52H,9,11-19H2,1-8H3/t21-,22-,23+,24-,25-,26-,27-,28+,29-,30-,31+,32+,33-,34-,35-,36-,37+,39+,40-,41-,42+/m1/s1. The molecule has 56 heavy (non-hydrogen) atoms. The van der Waals surface area contributed by atoms with E-state index in [-0.39, 0.29) is 23.7 Å². The minimum absolute atomic E-state index is 0.000258. The minimum atomic E-state index is -1.61. The SMILES string of the molecule is CC(C)=CCC[C@](C)(O[C@@H]1O[C@H](CO)[C@@H](O)[C@H](O)[C@H]1O)[C@@H]1CC[C@]2(C)[C@@H]1[C@H](O)C[C@@H]1[C@]3(C)CC[C@@H](O)C(C)(C)[C@H]3[C@@H](O[C@@H]3O[C@H](CO)[C@@H](O)[C@H](O)[C@H]3O)C[C@]12C. The Bertz CT molecular complexity index is 1400. The van der Waals surface area contributed by atoms with E-state index in [9.17, 15) is 51.1 Å². The Morgan fingerprint density at radius 1 is 0.750 bits per heavy atom. The zero-order valence-electron chi connectivity index (χ0n) is 34.6. The summed E-state index contributed by atoms with van der Waals surface area (Å²) in [6.45, 7) is 15.7. The largest absolute Gasteiger partial charge is 0.394 e. The van der Waals surface area contributed by atoms with Gasteiger partial charge in [-0.2, -0.15) is 0 Å². The van der Waals surface area contributed by atoms with Gasteiger partial charge in [0, 0.05) is 0 Å². The number of allylic oxidation sites excluding steroid dienone is 2. The molecular weight excluding hydrogens is 728 g/mol. The molecule has 6 aliphatic rings. The molecule has 6 rings (SSSR count). The van der Waals surface area contributed by atoms with E-state index in [2.05, 4.69) is 26.8 Å². The molecule has 2 heterocycles. The second-order valence-electron chi connectivity index (χ2n) is 20.2. The second-order valence-corrected chi connectivity index (χ2v) is 20.2. The molecule has 10 N–H and O–H groups in total. The Labute approximate surface area is 331 Å². The first-order valence-electron chi connectivity index (χ1n) is 21.0. The quantitative estimate of drug-likeness (QED) is 0.110. The summed E-state index contributed by atoms with van der Waals surface area (Å²) in [7, 11) is 0. The maximum absolute atomic E-state index is 12.6. The van der Waals surface area contributed by atoms with E-state index >= 15 is 0 Å². The van der Waals surface area contributed by atoms with Gasteiger partial charge in [-0.25, -0.2) is 0 Å². The topological polar surface area (TPSA) is 239 Å². The number of rotatable bonds is 10. The van der Waals surface area contributed by atoms with Crippen LogP contribution in [0.3, 0.4) is 0 Å². The molecule has 0 unspecified atom stereocenters. The average molecular weight is 801 g/mol. The summed E-state index contributed by atoms with van der Waals surface area (Å²) in [5, 5.41) is 109. The van der Waals surface area contributed by atoms with E-state index in [4.69, 9.17) is 18.9 Å². The van der Waals surface area contributed by atoms with Gasteiger partial charge in [-0.3, -0.25) is 0 Å². The van der Waals surface area contributed by atoms with Crippen LogP contribution in [0.4, 0.5) is 0 Å². The Morgan fingerprint density at radius 2 is 1.32 bits per heavy atom. The van der Waals surface area contributed by atoms with E-state index in [1.165, 1.54) is 0 Å². The van der Waals surface area contributed by atoms with Crippen LogP contribution in [0, 0.1) is 45.3 Å². The van der Waals surface area contributed by atoms with Crippen molar-refractivity contribution < 1.29 is 70.0 Å². The van der Waals surface area contributed by atoms with Crippen LogP contribution in [0.5, 0.6) is 0 Å². The highest BCUT2D eigenvalue weighted by Crippen LogP contribution is 2.76. The molecule has 0 spiro atoms. The van der Waals surface area contributed by atoms with Crippen molar-refractivity contribution in [3.05, 3.63) is 11.6 Å². The van der Waals surface area contributed by atoms with Crippen molar-refractivity contribution in [3.63, 3.8) is 0 Å². The fourth-order valence-electron chi connectivity index (χ4n) is 13.5. The van der Waals surface area contributed by atoms with Crippen LogP contribution in [0.2, 0.25) is 0 Å². The van der Waals surface area contributed by atoms with E-state index in [1.54, 1.807) is 0 Å². The molecule has 0 amide bonds. The van der Waals surface area contributed by atoms with Crippen LogP contribution >= 0.6 is 0 Å². The van der Waals surface area contributed by atoms with Gasteiger partial charge in [0.1, 0.15) is 48.8 Å². The van der Waals surface area contributed by atoms with Gasteiger partial charge in [0.05, 0.1) is 37.1 Å². The van der Waals surface area contributed by atoms with E-state index in [0.717, 1.165) is 12.0 Å². The predicted octanol–water partition coefficient (Wildman–Crippen LogP) is 1.12. The molecule has 4 aliphatic carbocycles. The van der Waals surface area contributed by atoms with E-state index in [1.807, 2.05) is 34.6 Å². The lowest BCUT2D eigenvalue weighted by Gasteiger charge is -2.72. The molecule has 21 atom stereocenters. The molecule has 4 saturated carbocycles. The zero-order valence-corrected chi connectivity index (χ0v) is 34.6. The molecule has 14 heteroatoms. The predicted molar refractivity (Wildman–Crippen MR) is 202 cm³/mol. The van der Waals surface area contributed by atoms with E-state index in [0.29, 0.717) is 44.9 Å². The molecule has 0 radical (unpaired) electrons. The first-order valence-corrected chi connectivity index (χ1v) is 21.0. The van der Waals surface area contributed by atoms with Crippen LogP contribution in [0.15, 0.2) is 11.6 Å². The number of hydrogen-bond acceptors (Lipinski definition) is 14. The number of aliphatic hydroxyl groups is 10. The van der Waals surface area contributed by atoms with Crippen molar-refractivity contribution in [3.8, 4) is 0 Å². The van der Waals surface area contributed by atoms with Crippen LogP contribution in [0.1, 0.15) is 107 Å². The third-order valence-corrected chi connectivity index (χ3v) is 16.6. The van der Waals surface area contributed by atoms with Gasteiger partial charge in [0.15, 0.2) is 12.6 Å². The summed E-state index contributed by atoms with van der Waals surface area (Å²) in [5.74, 6) is -0.781. The maximum Gasteiger partial charge on any atom is 0.187 e. The normalized spacial score (nSPS) is 52.6. The number of fused-ring (bicyclic) bond motifs is 5. The lowest BCUT2D eigenvalue weighted by atomic mass is 9.34. The van der Waals surface area contributed by atoms with Crippen molar-refractivity contribution in [2.75, 3.05) is 13.2 Å². The highest BCUT2D eigenvalue weighted by Gasteiger charge is 2.74. The number of hydrogen-bond donors (Lipinski definition) is 10. The summed E-state index contributed by atoms with van der Waals surface area (Å²) in [4.78, 5) is 0. The molecule has 0 aromatic carbocycles. The smallest absolute Gasteiger partial charge is 0.187 e. The van der Waals surface area contributed by atoms with Crippen molar-refractivity contribution >= 4 is 0 Å². The summed E-state index contributed by atoms with van der Waals surface area (Å²) in [5.41, 5.74) is -1.92. The fraction of sp³-hybridized carbons (Fsp3) is 0.952. The third kappa shape index (κ3) is 7.06. The van der Waals surface area contributed by atoms with Gasteiger partial charge in [0.25, 0.3) is 0 Å². The van der Waals surface area contributed by atoms with Crippen molar-refractivity contribution in [1.29, 1.82) is 0 Å². The lowest BCUT2D eigenvalue weighted by molar-refractivity contribution is -0.349. The molecule has 14 nitrogen and oxygen atoms in total. The molecule has 6 fully saturated rings. The van der Waals surface area contributed by atoms with Gasteiger partial charge in [-0.05, 0) is 117 Å². The van der Waals surface area contributed by atoms with Crippen LogP contribution in [-0.2, 0) is 18.9 Å². The number of aliphatic hydroxyl groups excluding tert-OH is 10. The minimum Gasteiger partial charge on any atom is -0.394 e. The van der Waals surface area contributed by atoms with Gasteiger partial charge >= 0.3 is 0 Å². The number of ether oxygens (including phenoxy) is 4. The molecule has 0 aromatic rings. The molecule has 0 aromatic heterocycles. The Balaban J connectivity index is 1.39. The first kappa shape index (κ1) is 44.7. The third-order valence-electron chi connectivity index (χ3n) is 16.6. The molecular formula is C42H72O14. The van der Waals surface area contributed by atoms with Gasteiger partial charge in [0.2, 0.25) is 0 Å². The summed E-state index contributed by atoms with van der Waals surface area (Å²) in [6.07, 6.45) is -9.52. The van der Waals surface area contributed by atoms with Crippen LogP contribution in [0.25, 0.3) is 0 Å². The van der Waals surface area contributed by atoms with Crippen molar-refractivity contribution in [2.45, 2.75) is 192 Å². The fourth-order valence-corrected chi connectivity index (χ4v) is 13.5. The summed E-state index contributed by atoms with van der Waals surface area (Å²) >= 11 is 0. The zero-order chi connectivity index (χ0) is 41.5. The van der Waals surface area contributed by atoms with Crippen molar-refractivity contribution in [2.24, 2.45) is 45.3 Å². The highest BCUT2D eigenvalue weighted by molar-refractivity contribution is 5.22. The van der Waals surface area contributed by atoms with Gasteiger partial charge < -0.3 is 70.0 Å². The Hall–Kier alpha value is -0.820. The Kier molecular flexibility index (Phi) is 12.7. The van der Waals surface area contributed by atoms with Gasteiger partial charge in [-0.15, -0.1) is 0 Å². The molecule has 324 valence electrons. The van der Waals surface area contributed by atoms with Crippen molar-refractivity contribution in [1.82, 2.24) is 0 Å². The van der Waals surface area contributed by atoms with E-state index < -0.39 is 120 Å². The molecule has 2 aliphatic heterocycles. The average Bonchev–Trinajstić information content (AvgIpc) is 3.52. The Morgan fingerprint density at radius 3 is 1.89 bits per heavy atom. The first-order chi connectivity index (χ1) is 26.0. The second kappa shape index (κ2) is 15.9. The molecule has 2 saturated heterocycles. The van der Waals surface area contributed by atoms with Crippen LogP contribution in [-0.4, -0.2) is 150 Å².